The zero-order valence-corrected chi connectivity index (χ0v) is 11.7. The minimum Gasteiger partial charge on any atom is -0.493 e. The molecule has 1 atom stereocenters. The van der Waals surface area contributed by atoms with E-state index < -0.39 is 0 Å². The fourth-order valence-corrected chi connectivity index (χ4v) is 2.59. The third-order valence-corrected chi connectivity index (χ3v) is 3.79. The molecule has 0 saturated carbocycles. The van der Waals surface area contributed by atoms with E-state index in [-0.39, 0.29) is 6.04 Å². The molecule has 1 aliphatic rings. The van der Waals surface area contributed by atoms with Crippen LogP contribution in [0.15, 0.2) is 18.2 Å². The van der Waals surface area contributed by atoms with Crippen molar-refractivity contribution < 1.29 is 14.2 Å². The highest BCUT2D eigenvalue weighted by Crippen LogP contribution is 2.29. The molecule has 1 unspecified atom stereocenters. The van der Waals surface area contributed by atoms with Crippen LogP contribution >= 0.6 is 0 Å². The zero-order valence-electron chi connectivity index (χ0n) is 11.7. The van der Waals surface area contributed by atoms with Crippen molar-refractivity contribution >= 4 is 0 Å². The van der Waals surface area contributed by atoms with Crippen molar-refractivity contribution in [2.45, 2.75) is 25.3 Å². The minimum atomic E-state index is 0.182. The van der Waals surface area contributed by atoms with Gasteiger partial charge in [0, 0.05) is 19.3 Å². The molecule has 0 bridgehead atoms. The molecule has 19 heavy (non-hydrogen) atoms. The van der Waals surface area contributed by atoms with E-state index in [4.69, 9.17) is 19.9 Å². The summed E-state index contributed by atoms with van der Waals surface area (Å²) in [6.07, 6.45) is 2.99. The lowest BCUT2D eigenvalue weighted by atomic mass is 9.88. The Kier molecular flexibility index (Phi) is 5.05. The van der Waals surface area contributed by atoms with Crippen LogP contribution in [0, 0.1) is 5.92 Å². The molecule has 1 heterocycles. The van der Waals surface area contributed by atoms with Gasteiger partial charge in [-0.2, -0.15) is 0 Å². The summed E-state index contributed by atoms with van der Waals surface area (Å²) in [5.74, 6) is 2.08. The summed E-state index contributed by atoms with van der Waals surface area (Å²) in [6, 6.07) is 6.19. The normalized spacial score (nSPS) is 18.1. The summed E-state index contributed by atoms with van der Waals surface area (Å²) >= 11 is 0. The van der Waals surface area contributed by atoms with Crippen LogP contribution in [0.25, 0.3) is 0 Å². The molecule has 4 nitrogen and oxygen atoms in total. The minimum absolute atomic E-state index is 0.182. The van der Waals surface area contributed by atoms with Gasteiger partial charge in [-0.1, -0.05) is 6.07 Å². The van der Waals surface area contributed by atoms with Crippen LogP contribution in [0.5, 0.6) is 11.5 Å². The molecule has 2 rings (SSSR count). The van der Waals surface area contributed by atoms with Crippen molar-refractivity contribution in [2.24, 2.45) is 11.7 Å². The molecule has 2 N–H and O–H groups in total. The Bertz CT molecular complexity index is 402. The summed E-state index contributed by atoms with van der Waals surface area (Å²) in [6.45, 7) is 1.68. The van der Waals surface area contributed by atoms with E-state index in [1.807, 2.05) is 12.1 Å². The van der Waals surface area contributed by atoms with Gasteiger partial charge in [0.1, 0.15) is 0 Å². The topological polar surface area (TPSA) is 53.7 Å². The lowest BCUT2D eigenvalue weighted by molar-refractivity contribution is 0.0585. The van der Waals surface area contributed by atoms with Gasteiger partial charge in [0.2, 0.25) is 0 Å². The number of hydrogen-bond acceptors (Lipinski definition) is 4. The summed E-state index contributed by atoms with van der Waals surface area (Å²) < 4.78 is 15.9. The lowest BCUT2D eigenvalue weighted by Gasteiger charge is -2.27. The van der Waals surface area contributed by atoms with E-state index in [0.717, 1.165) is 44.0 Å². The second kappa shape index (κ2) is 6.78. The van der Waals surface area contributed by atoms with E-state index in [1.54, 1.807) is 14.2 Å². The van der Waals surface area contributed by atoms with Crippen LogP contribution in [-0.4, -0.2) is 33.5 Å². The Balaban J connectivity index is 2.01. The van der Waals surface area contributed by atoms with Crippen molar-refractivity contribution in [2.75, 3.05) is 27.4 Å². The maximum absolute atomic E-state index is 6.31. The first-order valence-corrected chi connectivity index (χ1v) is 6.79. The van der Waals surface area contributed by atoms with Crippen molar-refractivity contribution in [1.29, 1.82) is 0 Å². The van der Waals surface area contributed by atoms with Gasteiger partial charge in [-0.25, -0.2) is 0 Å². The first-order valence-electron chi connectivity index (χ1n) is 6.79. The SMILES string of the molecule is COc1ccc(CC(N)C2CCOCC2)cc1OC. The molecule has 1 aliphatic heterocycles. The molecule has 0 amide bonds. The summed E-state index contributed by atoms with van der Waals surface area (Å²) in [4.78, 5) is 0. The largest absolute Gasteiger partial charge is 0.493 e. The standard InChI is InChI=1S/C15H23NO3/c1-17-14-4-3-11(10-15(14)18-2)9-13(16)12-5-7-19-8-6-12/h3-4,10,12-13H,5-9,16H2,1-2H3. The summed E-state index contributed by atoms with van der Waals surface area (Å²) in [5.41, 5.74) is 7.51. The molecular weight excluding hydrogens is 242 g/mol. The fraction of sp³-hybridized carbons (Fsp3) is 0.600. The number of methoxy groups -OCH3 is 2. The van der Waals surface area contributed by atoms with Gasteiger partial charge in [-0.05, 0) is 42.9 Å². The number of benzene rings is 1. The van der Waals surface area contributed by atoms with Gasteiger partial charge in [-0.15, -0.1) is 0 Å². The third kappa shape index (κ3) is 3.61. The maximum atomic E-state index is 6.31. The second-order valence-electron chi connectivity index (χ2n) is 5.01. The van der Waals surface area contributed by atoms with Crippen molar-refractivity contribution in [3.63, 3.8) is 0 Å². The van der Waals surface area contributed by atoms with E-state index in [9.17, 15) is 0 Å². The Morgan fingerprint density at radius 2 is 1.89 bits per heavy atom. The van der Waals surface area contributed by atoms with E-state index in [1.165, 1.54) is 5.56 Å². The Morgan fingerprint density at radius 3 is 2.53 bits per heavy atom. The second-order valence-corrected chi connectivity index (χ2v) is 5.01. The van der Waals surface area contributed by atoms with Gasteiger partial charge in [-0.3, -0.25) is 0 Å². The van der Waals surface area contributed by atoms with Crippen LogP contribution in [0.3, 0.4) is 0 Å². The van der Waals surface area contributed by atoms with Crippen molar-refractivity contribution in [1.82, 2.24) is 0 Å². The van der Waals surface area contributed by atoms with Crippen molar-refractivity contribution in [3.8, 4) is 11.5 Å². The lowest BCUT2D eigenvalue weighted by Crippen LogP contribution is -2.36. The van der Waals surface area contributed by atoms with Gasteiger partial charge in [0.15, 0.2) is 11.5 Å². The first-order chi connectivity index (χ1) is 9.24. The van der Waals surface area contributed by atoms with E-state index in [0.29, 0.717) is 5.92 Å². The maximum Gasteiger partial charge on any atom is 0.160 e. The highest BCUT2D eigenvalue weighted by molar-refractivity contribution is 5.43. The number of rotatable bonds is 5. The molecule has 4 heteroatoms. The fourth-order valence-electron chi connectivity index (χ4n) is 2.59. The summed E-state index contributed by atoms with van der Waals surface area (Å²) in [7, 11) is 3.30. The zero-order chi connectivity index (χ0) is 13.7. The van der Waals surface area contributed by atoms with E-state index >= 15 is 0 Å². The molecule has 0 aromatic heterocycles. The number of hydrogen-bond donors (Lipinski definition) is 1. The quantitative estimate of drug-likeness (QED) is 0.884. The van der Waals surface area contributed by atoms with Gasteiger partial charge in [0.25, 0.3) is 0 Å². The van der Waals surface area contributed by atoms with Crippen LogP contribution in [0.4, 0.5) is 0 Å². The number of ether oxygens (including phenoxy) is 3. The third-order valence-electron chi connectivity index (χ3n) is 3.79. The molecule has 1 fully saturated rings. The monoisotopic (exact) mass is 265 g/mol. The van der Waals surface area contributed by atoms with Crippen LogP contribution < -0.4 is 15.2 Å². The van der Waals surface area contributed by atoms with Gasteiger partial charge >= 0.3 is 0 Å². The smallest absolute Gasteiger partial charge is 0.160 e. The molecule has 1 aromatic carbocycles. The molecule has 0 aliphatic carbocycles. The Morgan fingerprint density at radius 1 is 1.21 bits per heavy atom. The molecule has 0 radical (unpaired) electrons. The number of nitrogens with two attached hydrogens (primary N) is 1. The Hall–Kier alpha value is -1.26. The van der Waals surface area contributed by atoms with Crippen LogP contribution in [0.1, 0.15) is 18.4 Å². The Labute approximate surface area is 114 Å². The predicted molar refractivity (Wildman–Crippen MR) is 74.8 cm³/mol. The van der Waals surface area contributed by atoms with Gasteiger partial charge in [0.05, 0.1) is 14.2 Å². The summed E-state index contributed by atoms with van der Waals surface area (Å²) in [5, 5.41) is 0. The average Bonchev–Trinajstić information content (AvgIpc) is 2.48. The predicted octanol–water partition coefficient (Wildman–Crippen LogP) is 2.00. The average molecular weight is 265 g/mol. The molecule has 1 aromatic rings. The highest BCUT2D eigenvalue weighted by Gasteiger charge is 2.21. The van der Waals surface area contributed by atoms with Crippen LogP contribution in [0.2, 0.25) is 0 Å². The molecule has 0 spiro atoms. The first kappa shape index (κ1) is 14.2. The van der Waals surface area contributed by atoms with E-state index in [2.05, 4.69) is 6.07 Å². The molecule has 106 valence electrons. The highest BCUT2D eigenvalue weighted by atomic mass is 16.5. The molecule has 1 saturated heterocycles. The van der Waals surface area contributed by atoms with Crippen molar-refractivity contribution in [3.05, 3.63) is 23.8 Å². The van der Waals surface area contributed by atoms with Gasteiger partial charge < -0.3 is 19.9 Å². The molecular formula is C15H23NO3. The van der Waals surface area contributed by atoms with Crippen LogP contribution in [-0.2, 0) is 11.2 Å².